The molecule has 146 valence electrons. The van der Waals surface area contributed by atoms with Gasteiger partial charge in [-0.1, -0.05) is 11.3 Å². The number of rotatable bonds is 4. The van der Waals surface area contributed by atoms with Gasteiger partial charge in [-0.25, -0.2) is 9.97 Å². The Morgan fingerprint density at radius 2 is 1.82 bits per heavy atom. The number of hydrogen-bond donors (Lipinski definition) is 0. The van der Waals surface area contributed by atoms with Crippen molar-refractivity contribution >= 4 is 28.2 Å². The Kier molecular flexibility index (Phi) is 5.42. The van der Waals surface area contributed by atoms with Crippen molar-refractivity contribution in [1.29, 1.82) is 0 Å². The van der Waals surface area contributed by atoms with Crippen LogP contribution in [0.5, 0.6) is 0 Å². The van der Waals surface area contributed by atoms with Gasteiger partial charge in [0.1, 0.15) is 10.7 Å². The van der Waals surface area contributed by atoms with Crippen LogP contribution in [0.15, 0.2) is 40.0 Å². The van der Waals surface area contributed by atoms with Gasteiger partial charge in [-0.15, -0.1) is 10.2 Å². The summed E-state index contributed by atoms with van der Waals surface area (Å²) in [7, 11) is 0. The van der Waals surface area contributed by atoms with E-state index >= 15 is 0 Å². The quantitative estimate of drug-likeness (QED) is 0.588. The smallest absolute Gasteiger partial charge is 0.378 e. The SMILES string of the molecule is FC(F)(F)c1cc(Sc2nnc(N3CCOCC3)s2)nc(-c2ccncc2)n1. The third kappa shape index (κ3) is 4.39. The lowest BCUT2D eigenvalue weighted by Crippen LogP contribution is -2.36. The molecule has 0 amide bonds. The highest BCUT2D eigenvalue weighted by Crippen LogP contribution is 2.36. The first-order chi connectivity index (χ1) is 13.5. The number of halogens is 3. The highest BCUT2D eigenvalue weighted by Gasteiger charge is 2.34. The lowest BCUT2D eigenvalue weighted by Gasteiger charge is -2.25. The van der Waals surface area contributed by atoms with Crippen LogP contribution in [0.1, 0.15) is 5.69 Å². The maximum Gasteiger partial charge on any atom is 0.433 e. The van der Waals surface area contributed by atoms with Crippen LogP contribution in [0, 0.1) is 0 Å². The van der Waals surface area contributed by atoms with E-state index in [0.29, 0.717) is 41.3 Å². The van der Waals surface area contributed by atoms with Gasteiger partial charge in [0.15, 0.2) is 10.2 Å². The summed E-state index contributed by atoms with van der Waals surface area (Å²) >= 11 is 2.34. The number of ether oxygens (including phenoxy) is 1. The maximum absolute atomic E-state index is 13.3. The number of morpholine rings is 1. The molecule has 1 aliphatic heterocycles. The van der Waals surface area contributed by atoms with Crippen LogP contribution in [-0.2, 0) is 10.9 Å². The van der Waals surface area contributed by atoms with E-state index in [1.807, 2.05) is 4.90 Å². The van der Waals surface area contributed by atoms with Gasteiger partial charge in [-0.3, -0.25) is 4.98 Å². The molecule has 0 N–H and O–H groups in total. The minimum atomic E-state index is -4.58. The van der Waals surface area contributed by atoms with Crippen LogP contribution >= 0.6 is 23.1 Å². The van der Waals surface area contributed by atoms with Gasteiger partial charge in [-0.2, -0.15) is 13.2 Å². The lowest BCUT2D eigenvalue weighted by molar-refractivity contribution is -0.141. The highest BCUT2D eigenvalue weighted by molar-refractivity contribution is 8.01. The molecule has 0 saturated carbocycles. The fourth-order valence-corrected chi connectivity index (χ4v) is 4.31. The fourth-order valence-electron chi connectivity index (χ4n) is 2.47. The van der Waals surface area contributed by atoms with Gasteiger partial charge < -0.3 is 9.64 Å². The zero-order valence-corrected chi connectivity index (χ0v) is 15.9. The van der Waals surface area contributed by atoms with Gasteiger partial charge in [0.05, 0.1) is 13.2 Å². The number of nitrogens with zero attached hydrogens (tertiary/aromatic N) is 6. The molecular weight excluding hydrogens is 413 g/mol. The van der Waals surface area contributed by atoms with E-state index in [1.54, 1.807) is 12.1 Å². The first kappa shape index (κ1) is 19.0. The zero-order chi connectivity index (χ0) is 19.6. The summed E-state index contributed by atoms with van der Waals surface area (Å²) in [6.07, 6.45) is -1.63. The van der Waals surface area contributed by atoms with Crippen LogP contribution in [0.4, 0.5) is 18.3 Å². The normalized spacial score (nSPS) is 15.0. The molecule has 1 fully saturated rings. The van der Waals surface area contributed by atoms with Crippen molar-refractivity contribution in [1.82, 2.24) is 25.1 Å². The van der Waals surface area contributed by atoms with E-state index in [9.17, 15) is 13.2 Å². The van der Waals surface area contributed by atoms with Gasteiger partial charge in [0.25, 0.3) is 0 Å². The fraction of sp³-hybridized carbons (Fsp3) is 0.312. The van der Waals surface area contributed by atoms with Crippen molar-refractivity contribution in [2.24, 2.45) is 0 Å². The second-order valence-corrected chi connectivity index (χ2v) is 7.92. The van der Waals surface area contributed by atoms with E-state index < -0.39 is 11.9 Å². The number of aromatic nitrogens is 5. The second-order valence-electron chi connectivity index (χ2n) is 5.70. The van der Waals surface area contributed by atoms with Crippen LogP contribution in [0.2, 0.25) is 0 Å². The van der Waals surface area contributed by atoms with E-state index in [2.05, 4.69) is 25.1 Å². The molecule has 1 saturated heterocycles. The molecule has 4 heterocycles. The maximum atomic E-state index is 13.3. The predicted molar refractivity (Wildman–Crippen MR) is 97.3 cm³/mol. The Morgan fingerprint density at radius 3 is 2.54 bits per heavy atom. The van der Waals surface area contributed by atoms with E-state index in [-0.39, 0.29) is 10.9 Å². The molecule has 0 aliphatic carbocycles. The summed E-state index contributed by atoms with van der Waals surface area (Å²) in [6, 6.07) is 4.04. The summed E-state index contributed by atoms with van der Waals surface area (Å²) in [5, 5.41) is 9.08. The second kappa shape index (κ2) is 7.97. The van der Waals surface area contributed by atoms with Gasteiger partial charge in [-0.05, 0) is 23.9 Å². The molecule has 0 atom stereocenters. The number of hydrogen-bond acceptors (Lipinski definition) is 9. The summed E-state index contributed by atoms with van der Waals surface area (Å²) in [5.41, 5.74) is -0.552. The molecule has 0 bridgehead atoms. The molecule has 3 aromatic rings. The molecule has 28 heavy (non-hydrogen) atoms. The van der Waals surface area contributed by atoms with Gasteiger partial charge in [0, 0.05) is 37.1 Å². The van der Waals surface area contributed by atoms with Gasteiger partial charge >= 0.3 is 6.18 Å². The Bertz CT molecular complexity index is 947. The van der Waals surface area contributed by atoms with Crippen LogP contribution in [0.3, 0.4) is 0 Å². The highest BCUT2D eigenvalue weighted by atomic mass is 32.2. The Balaban J connectivity index is 1.63. The molecule has 1 aliphatic rings. The van der Waals surface area contributed by atoms with Crippen molar-refractivity contribution in [2.75, 3.05) is 31.2 Å². The number of alkyl halides is 3. The summed E-state index contributed by atoms with van der Waals surface area (Å²) in [4.78, 5) is 13.8. The van der Waals surface area contributed by atoms with Crippen molar-refractivity contribution in [3.8, 4) is 11.4 Å². The zero-order valence-electron chi connectivity index (χ0n) is 14.3. The van der Waals surface area contributed by atoms with Crippen LogP contribution in [-0.4, -0.2) is 51.5 Å². The molecule has 0 radical (unpaired) electrons. The average molecular weight is 426 g/mol. The first-order valence-corrected chi connectivity index (χ1v) is 9.83. The van der Waals surface area contributed by atoms with Crippen molar-refractivity contribution in [2.45, 2.75) is 15.5 Å². The van der Waals surface area contributed by atoms with Crippen LogP contribution < -0.4 is 4.90 Å². The predicted octanol–water partition coefficient (Wildman–Crippen LogP) is 3.40. The van der Waals surface area contributed by atoms with Crippen molar-refractivity contribution in [3.05, 3.63) is 36.3 Å². The molecule has 0 aromatic carbocycles. The molecule has 12 heteroatoms. The van der Waals surface area contributed by atoms with Crippen molar-refractivity contribution in [3.63, 3.8) is 0 Å². The third-order valence-corrected chi connectivity index (χ3v) is 5.75. The largest absolute Gasteiger partial charge is 0.433 e. The summed E-state index contributed by atoms with van der Waals surface area (Å²) in [6.45, 7) is 2.63. The number of pyridine rings is 1. The third-order valence-electron chi connectivity index (χ3n) is 3.80. The summed E-state index contributed by atoms with van der Waals surface area (Å²) in [5.74, 6) is -0.0161. The monoisotopic (exact) mass is 426 g/mol. The topological polar surface area (TPSA) is 76.9 Å². The molecular formula is C16H13F3N6OS2. The Labute approximate surface area is 166 Å². The molecule has 7 nitrogen and oxygen atoms in total. The average Bonchev–Trinajstić information content (AvgIpc) is 3.17. The van der Waals surface area contributed by atoms with E-state index in [4.69, 9.17) is 4.74 Å². The minimum Gasteiger partial charge on any atom is -0.378 e. The van der Waals surface area contributed by atoms with Crippen molar-refractivity contribution < 1.29 is 17.9 Å². The van der Waals surface area contributed by atoms with Gasteiger partial charge in [0.2, 0.25) is 5.13 Å². The minimum absolute atomic E-state index is 0.0161. The van der Waals surface area contributed by atoms with E-state index in [1.165, 1.54) is 23.7 Å². The van der Waals surface area contributed by atoms with Crippen LogP contribution in [0.25, 0.3) is 11.4 Å². The Hall–Kier alpha value is -2.31. The summed E-state index contributed by atoms with van der Waals surface area (Å²) < 4.78 is 45.7. The molecule has 3 aromatic heterocycles. The molecule has 4 rings (SSSR count). The first-order valence-electron chi connectivity index (χ1n) is 8.20. The Morgan fingerprint density at radius 1 is 1.07 bits per heavy atom. The number of anilines is 1. The molecule has 0 spiro atoms. The standard InChI is InChI=1S/C16H13F3N6OS2/c17-16(18,19)11-9-12(22-13(21-11)10-1-3-20-4-2-10)27-15-24-23-14(28-15)25-5-7-26-8-6-25/h1-4,9H,5-8H2. The molecule has 0 unspecified atom stereocenters. The van der Waals surface area contributed by atoms with E-state index in [0.717, 1.165) is 17.8 Å². The lowest BCUT2D eigenvalue weighted by atomic mass is 10.2.